The predicted octanol–water partition coefficient (Wildman–Crippen LogP) is 4.50. The smallest absolute Gasteiger partial charge is 0.293 e. The number of nitrogens with zero attached hydrogens (tertiary/aromatic N) is 5. The van der Waals surface area contributed by atoms with E-state index in [1.807, 2.05) is 0 Å². The molecule has 0 radical (unpaired) electrons. The molecule has 11 heteroatoms. The van der Waals surface area contributed by atoms with Gasteiger partial charge in [0, 0.05) is 30.6 Å². The number of nitrogens with one attached hydrogen (secondary N) is 2. The van der Waals surface area contributed by atoms with Crippen molar-refractivity contribution < 1.29 is 18.3 Å². The number of ether oxygens (including phenoxy) is 1. The molecule has 36 heavy (non-hydrogen) atoms. The second-order valence-electron chi connectivity index (χ2n) is 9.04. The summed E-state index contributed by atoms with van der Waals surface area (Å²) in [6, 6.07) is 5.00. The lowest BCUT2D eigenvalue weighted by Crippen LogP contribution is -2.26. The van der Waals surface area contributed by atoms with Crippen molar-refractivity contribution in [1.82, 2.24) is 19.4 Å². The number of aromatic nitrogens is 4. The van der Waals surface area contributed by atoms with Crippen LogP contribution < -0.4 is 10.6 Å². The van der Waals surface area contributed by atoms with Crippen molar-refractivity contribution in [1.29, 1.82) is 0 Å². The molecule has 0 saturated heterocycles. The first-order valence-electron chi connectivity index (χ1n) is 11.8. The lowest BCUT2D eigenvalue weighted by atomic mass is 9.94. The largest absolute Gasteiger partial charge is 0.459 e. The summed E-state index contributed by atoms with van der Waals surface area (Å²) in [5.74, 6) is -0.0216. The fourth-order valence-corrected chi connectivity index (χ4v) is 4.68. The van der Waals surface area contributed by atoms with Gasteiger partial charge in [-0.05, 0) is 44.4 Å². The molecule has 0 spiro atoms. The summed E-state index contributed by atoms with van der Waals surface area (Å²) in [5, 5.41) is 5.91. The lowest BCUT2D eigenvalue weighted by Gasteiger charge is -2.21. The van der Waals surface area contributed by atoms with E-state index in [1.54, 1.807) is 36.8 Å². The summed E-state index contributed by atoms with van der Waals surface area (Å²) in [4.78, 5) is 30.2. The van der Waals surface area contributed by atoms with Crippen LogP contribution >= 0.6 is 0 Å². The van der Waals surface area contributed by atoms with Crippen LogP contribution in [0.25, 0.3) is 17.0 Å². The number of carbonyl (C=O) groups excluding carboxylic acids is 1. The van der Waals surface area contributed by atoms with Gasteiger partial charge in [0.25, 0.3) is 11.9 Å². The number of anilines is 2. The van der Waals surface area contributed by atoms with Gasteiger partial charge in [-0.1, -0.05) is 6.42 Å². The Kier molecular flexibility index (Phi) is 5.39. The van der Waals surface area contributed by atoms with E-state index in [2.05, 4.69) is 30.6 Å². The molecule has 0 bridgehead atoms. The molecule has 2 atom stereocenters. The number of rotatable bonds is 4. The number of amides is 1. The van der Waals surface area contributed by atoms with Crippen LogP contribution in [0.5, 0.6) is 0 Å². The number of imidazole rings is 1. The van der Waals surface area contributed by atoms with E-state index in [-0.39, 0.29) is 23.5 Å². The summed E-state index contributed by atoms with van der Waals surface area (Å²) in [6.45, 7) is 3.35. The molecule has 1 unspecified atom stereocenters. The Balaban J connectivity index is 1.23. The summed E-state index contributed by atoms with van der Waals surface area (Å²) < 4.78 is 27.8. The maximum Gasteiger partial charge on any atom is 0.293 e. The third-order valence-electron chi connectivity index (χ3n) is 6.39. The molecule has 2 N–H and O–H groups in total. The average molecular weight is 490 g/mol. The van der Waals surface area contributed by atoms with E-state index in [0.717, 1.165) is 19.3 Å². The van der Waals surface area contributed by atoms with Gasteiger partial charge in [-0.2, -0.15) is 0 Å². The van der Waals surface area contributed by atoms with Gasteiger partial charge in [0.2, 0.25) is 11.5 Å². The van der Waals surface area contributed by atoms with Gasteiger partial charge in [-0.15, -0.1) is 0 Å². The minimum Gasteiger partial charge on any atom is -0.459 e. The first-order chi connectivity index (χ1) is 17.4. The summed E-state index contributed by atoms with van der Waals surface area (Å²) in [7, 11) is 0. The average Bonchev–Trinajstić information content (AvgIpc) is 3.55. The van der Waals surface area contributed by atoms with Crippen LogP contribution in [0.4, 0.5) is 15.8 Å². The number of fused-ring (bicyclic) bond motifs is 2. The fourth-order valence-electron chi connectivity index (χ4n) is 4.68. The second kappa shape index (κ2) is 8.74. The number of carbonyl (C=O) groups is 1. The summed E-state index contributed by atoms with van der Waals surface area (Å²) in [5.41, 5.74) is 2.17. The van der Waals surface area contributed by atoms with Gasteiger partial charge in [0.15, 0.2) is 5.89 Å². The molecule has 4 aromatic rings. The van der Waals surface area contributed by atoms with Crippen LogP contribution in [0.15, 0.2) is 46.2 Å². The van der Waals surface area contributed by atoms with Crippen molar-refractivity contribution in [3.8, 4) is 11.3 Å². The zero-order chi connectivity index (χ0) is 24.8. The molecule has 6 rings (SSSR count). The van der Waals surface area contributed by atoms with Crippen LogP contribution in [0, 0.1) is 19.7 Å². The van der Waals surface area contributed by atoms with E-state index < -0.39 is 11.7 Å². The number of oxazole rings is 1. The third kappa shape index (κ3) is 4.16. The van der Waals surface area contributed by atoms with Crippen molar-refractivity contribution >= 4 is 29.1 Å². The molecule has 10 nitrogen and oxygen atoms in total. The number of amidine groups is 1. The van der Waals surface area contributed by atoms with Crippen LogP contribution in [0.1, 0.15) is 47.8 Å². The van der Waals surface area contributed by atoms with Gasteiger partial charge < -0.3 is 19.8 Å². The molecule has 184 valence electrons. The molecular formula is C25H24FN7O3. The van der Waals surface area contributed by atoms with E-state index in [9.17, 15) is 9.18 Å². The highest BCUT2D eigenvalue weighted by Gasteiger charge is 2.33. The van der Waals surface area contributed by atoms with Crippen LogP contribution in [0.3, 0.4) is 0 Å². The fraction of sp³-hybridized carbons (Fsp3) is 0.320. The quantitative estimate of drug-likeness (QED) is 0.433. The molecule has 4 heterocycles. The number of halogens is 1. The number of hydrogen-bond acceptors (Lipinski definition) is 8. The maximum atomic E-state index is 14.8. The molecule has 2 aliphatic rings. The van der Waals surface area contributed by atoms with Crippen LogP contribution in [-0.2, 0) is 4.74 Å². The minimum absolute atomic E-state index is 0.116. The predicted molar refractivity (Wildman–Crippen MR) is 130 cm³/mol. The third-order valence-corrected chi connectivity index (χ3v) is 6.39. The maximum absolute atomic E-state index is 14.8. The number of aryl methyl sites for hydroxylation is 2. The summed E-state index contributed by atoms with van der Waals surface area (Å²) >= 11 is 0. The van der Waals surface area contributed by atoms with Crippen molar-refractivity contribution in [3.63, 3.8) is 0 Å². The Bertz CT molecular complexity index is 1510. The van der Waals surface area contributed by atoms with E-state index in [0.29, 0.717) is 40.5 Å². The van der Waals surface area contributed by atoms with Crippen molar-refractivity contribution in [2.24, 2.45) is 4.99 Å². The molecule has 3 aromatic heterocycles. The van der Waals surface area contributed by atoms with Gasteiger partial charge >= 0.3 is 0 Å². The van der Waals surface area contributed by atoms with Crippen LogP contribution in [-0.4, -0.2) is 43.4 Å². The molecular weight excluding hydrogens is 465 g/mol. The Hall–Kier alpha value is -4.28. The molecule has 1 aliphatic carbocycles. The normalized spacial score (nSPS) is 19.0. The zero-order valence-electron chi connectivity index (χ0n) is 19.8. The molecule has 1 aromatic carbocycles. The highest BCUT2D eigenvalue weighted by atomic mass is 19.1. The highest BCUT2D eigenvalue weighted by molar-refractivity contribution is 6.03. The second-order valence-corrected chi connectivity index (χ2v) is 9.04. The number of benzene rings is 1. The monoisotopic (exact) mass is 489 g/mol. The van der Waals surface area contributed by atoms with Crippen molar-refractivity contribution in [3.05, 3.63) is 60.0 Å². The molecule has 1 amide bonds. The first-order valence-corrected chi connectivity index (χ1v) is 11.8. The standard InChI is InChI=1S/C25H24FN7O3/c1-13-22(35-14(2)28-13)23(34)29-15-7-8-18(26)17(9-15)20-12-33-11-16(10-27-24(33)31-20)30-25-32-19-5-3-4-6-21(19)36-25/h7-12,19,21H,3-6H2,1-2H3,(H,29,34)(H,30,32)/t19?,21-/m0/s1. The first kappa shape index (κ1) is 22.2. The Labute approximate surface area is 205 Å². The Morgan fingerprint density at radius 2 is 2.00 bits per heavy atom. The summed E-state index contributed by atoms with van der Waals surface area (Å²) in [6.07, 6.45) is 9.65. The topological polar surface area (TPSA) is 119 Å². The lowest BCUT2D eigenvalue weighted by molar-refractivity contribution is 0.0994. The molecule has 1 saturated carbocycles. The van der Waals surface area contributed by atoms with E-state index in [1.165, 1.54) is 24.6 Å². The Morgan fingerprint density at radius 1 is 1.14 bits per heavy atom. The SMILES string of the molecule is Cc1nc(C)c(C(=O)Nc2ccc(F)c(-c3cn4cc(NC5=NC6CCCC[C@@H]6O5)cnc4n3)c2)o1. The van der Waals surface area contributed by atoms with E-state index in [4.69, 9.17) is 9.15 Å². The number of hydrogen-bond donors (Lipinski definition) is 2. The van der Waals surface area contributed by atoms with Crippen molar-refractivity contribution in [2.75, 3.05) is 10.6 Å². The molecule has 1 aliphatic heterocycles. The Morgan fingerprint density at radius 3 is 2.81 bits per heavy atom. The highest BCUT2D eigenvalue weighted by Crippen LogP contribution is 2.29. The number of aliphatic imine (C=N–C) groups is 1. The van der Waals surface area contributed by atoms with Gasteiger partial charge in [-0.25, -0.2) is 24.3 Å². The van der Waals surface area contributed by atoms with Gasteiger partial charge in [0.05, 0.1) is 29.3 Å². The molecule has 1 fully saturated rings. The van der Waals surface area contributed by atoms with Gasteiger partial charge in [-0.3, -0.25) is 9.20 Å². The van der Waals surface area contributed by atoms with Crippen LogP contribution in [0.2, 0.25) is 0 Å². The minimum atomic E-state index is -0.474. The zero-order valence-corrected chi connectivity index (χ0v) is 19.8. The van der Waals surface area contributed by atoms with E-state index >= 15 is 0 Å². The van der Waals surface area contributed by atoms with Crippen molar-refractivity contribution in [2.45, 2.75) is 51.7 Å². The van der Waals surface area contributed by atoms with Gasteiger partial charge in [0.1, 0.15) is 11.9 Å².